The first-order valence-corrected chi connectivity index (χ1v) is 8.43. The van der Waals surface area contributed by atoms with Crippen LogP contribution in [0.25, 0.3) is 0 Å². The molecule has 0 bridgehead atoms. The fraction of sp³-hybridized carbons (Fsp3) is 0.500. The molecule has 4 nitrogen and oxygen atoms in total. The van der Waals surface area contributed by atoms with E-state index in [9.17, 15) is 9.59 Å². The number of amides is 1. The van der Waals surface area contributed by atoms with Crippen molar-refractivity contribution in [3.63, 3.8) is 0 Å². The van der Waals surface area contributed by atoms with E-state index in [0.29, 0.717) is 24.6 Å². The lowest BCUT2D eigenvalue weighted by Gasteiger charge is -2.24. The molecule has 0 fully saturated rings. The summed E-state index contributed by atoms with van der Waals surface area (Å²) in [6.07, 6.45) is 3.68. The summed E-state index contributed by atoms with van der Waals surface area (Å²) in [5.41, 5.74) is 2.79. The number of fused-ring (bicyclic) bond motifs is 1. The number of rotatable bonds is 7. The van der Waals surface area contributed by atoms with Crippen molar-refractivity contribution in [2.45, 2.75) is 25.7 Å². The van der Waals surface area contributed by atoms with E-state index in [1.807, 2.05) is 0 Å². The van der Waals surface area contributed by atoms with Gasteiger partial charge in [-0.3, -0.25) is 9.59 Å². The Morgan fingerprint density at radius 2 is 2.05 bits per heavy atom. The van der Waals surface area contributed by atoms with E-state index in [4.69, 9.17) is 5.11 Å². The van der Waals surface area contributed by atoms with Crippen LogP contribution < -0.4 is 5.32 Å². The molecule has 0 spiro atoms. The second kappa shape index (κ2) is 8.08. The SMILES string of the molecule is O=C(O)CSCCNC(=O)CC1CCc2ccccc2C1. The average molecular weight is 307 g/mol. The average Bonchev–Trinajstić information content (AvgIpc) is 2.46. The second-order valence-corrected chi connectivity index (χ2v) is 6.48. The number of carbonyl (C=O) groups is 2. The van der Waals surface area contributed by atoms with Gasteiger partial charge in [-0.05, 0) is 36.3 Å². The number of aryl methyl sites for hydroxylation is 1. The van der Waals surface area contributed by atoms with Gasteiger partial charge in [0.15, 0.2) is 0 Å². The van der Waals surface area contributed by atoms with E-state index >= 15 is 0 Å². The normalized spacial score (nSPS) is 17.0. The maximum absolute atomic E-state index is 11.9. The van der Waals surface area contributed by atoms with Crippen LogP contribution in [-0.2, 0) is 22.4 Å². The summed E-state index contributed by atoms with van der Waals surface area (Å²) in [7, 11) is 0. The number of hydrogen-bond donors (Lipinski definition) is 2. The maximum atomic E-state index is 11.9. The zero-order chi connectivity index (χ0) is 15.1. The Morgan fingerprint density at radius 3 is 2.81 bits per heavy atom. The van der Waals surface area contributed by atoms with E-state index in [1.165, 1.54) is 22.9 Å². The number of carboxylic acid groups (broad SMARTS) is 1. The Hall–Kier alpha value is -1.49. The van der Waals surface area contributed by atoms with Gasteiger partial charge >= 0.3 is 5.97 Å². The van der Waals surface area contributed by atoms with Gasteiger partial charge in [-0.25, -0.2) is 0 Å². The summed E-state index contributed by atoms with van der Waals surface area (Å²) >= 11 is 1.33. The third-order valence-corrected chi connectivity index (χ3v) is 4.66. The Balaban J connectivity index is 1.66. The molecule has 1 aliphatic carbocycles. The lowest BCUT2D eigenvalue weighted by molar-refractivity contribution is -0.133. The number of hydrogen-bond acceptors (Lipinski definition) is 3. The molecule has 0 aliphatic heterocycles. The molecule has 0 heterocycles. The highest BCUT2D eigenvalue weighted by Crippen LogP contribution is 2.27. The molecule has 1 unspecified atom stereocenters. The van der Waals surface area contributed by atoms with Crippen LogP contribution in [-0.4, -0.2) is 35.0 Å². The second-order valence-electron chi connectivity index (χ2n) is 5.38. The maximum Gasteiger partial charge on any atom is 0.313 e. The van der Waals surface area contributed by atoms with Gasteiger partial charge in [-0.1, -0.05) is 24.3 Å². The minimum Gasteiger partial charge on any atom is -0.481 e. The Bertz CT molecular complexity index is 504. The van der Waals surface area contributed by atoms with Crippen LogP contribution in [0.3, 0.4) is 0 Å². The van der Waals surface area contributed by atoms with Crippen LogP contribution in [0.4, 0.5) is 0 Å². The topological polar surface area (TPSA) is 66.4 Å². The predicted molar refractivity (Wildman–Crippen MR) is 84.5 cm³/mol. The molecule has 2 rings (SSSR count). The molecule has 114 valence electrons. The number of carboxylic acids is 1. The number of benzene rings is 1. The van der Waals surface area contributed by atoms with Crippen molar-refractivity contribution >= 4 is 23.6 Å². The van der Waals surface area contributed by atoms with Gasteiger partial charge in [0.05, 0.1) is 5.75 Å². The third-order valence-electron chi connectivity index (χ3n) is 3.72. The minimum absolute atomic E-state index is 0.0790. The first-order valence-electron chi connectivity index (χ1n) is 7.28. The van der Waals surface area contributed by atoms with Crippen molar-refractivity contribution in [3.8, 4) is 0 Å². The van der Waals surface area contributed by atoms with E-state index in [0.717, 1.165) is 19.3 Å². The van der Waals surface area contributed by atoms with Crippen LogP contribution in [0.5, 0.6) is 0 Å². The van der Waals surface area contributed by atoms with E-state index in [2.05, 4.69) is 29.6 Å². The summed E-state index contributed by atoms with van der Waals surface area (Å²) in [4.78, 5) is 22.2. The summed E-state index contributed by atoms with van der Waals surface area (Å²) in [6, 6.07) is 8.45. The third kappa shape index (κ3) is 5.42. The first kappa shape index (κ1) is 15.9. The monoisotopic (exact) mass is 307 g/mol. The molecular formula is C16H21NO3S. The van der Waals surface area contributed by atoms with Gasteiger partial charge in [0.25, 0.3) is 0 Å². The smallest absolute Gasteiger partial charge is 0.313 e. The molecule has 0 saturated carbocycles. The van der Waals surface area contributed by atoms with Crippen LogP contribution in [0, 0.1) is 5.92 Å². The molecule has 1 amide bonds. The number of carbonyl (C=O) groups excluding carboxylic acids is 1. The highest BCUT2D eigenvalue weighted by atomic mass is 32.2. The van der Waals surface area contributed by atoms with E-state index in [1.54, 1.807) is 0 Å². The Kier molecular flexibility index (Phi) is 6.11. The Labute approximate surface area is 129 Å². The van der Waals surface area contributed by atoms with E-state index < -0.39 is 5.97 Å². The molecule has 1 aromatic carbocycles. The first-order chi connectivity index (χ1) is 10.1. The predicted octanol–water partition coefficient (Wildman–Crippen LogP) is 2.12. The van der Waals surface area contributed by atoms with Gasteiger partial charge < -0.3 is 10.4 Å². The summed E-state index contributed by atoms with van der Waals surface area (Å²) in [5, 5.41) is 11.4. The van der Waals surface area contributed by atoms with Crippen molar-refractivity contribution in [1.82, 2.24) is 5.32 Å². The molecule has 1 aromatic rings. The van der Waals surface area contributed by atoms with Crippen LogP contribution in [0.1, 0.15) is 24.0 Å². The lowest BCUT2D eigenvalue weighted by Crippen LogP contribution is -2.29. The van der Waals surface area contributed by atoms with Crippen LogP contribution in [0.15, 0.2) is 24.3 Å². The van der Waals surface area contributed by atoms with Gasteiger partial charge in [-0.15, -0.1) is 11.8 Å². The molecule has 5 heteroatoms. The molecule has 0 radical (unpaired) electrons. The van der Waals surface area contributed by atoms with E-state index in [-0.39, 0.29) is 11.7 Å². The molecule has 0 aromatic heterocycles. The standard InChI is InChI=1S/C16H21NO3S/c18-15(17-7-8-21-11-16(19)20)10-12-5-6-13-3-1-2-4-14(13)9-12/h1-4,12H,5-11H2,(H,17,18)(H,19,20). The van der Waals surface area contributed by atoms with Crippen molar-refractivity contribution in [2.75, 3.05) is 18.1 Å². The number of aliphatic carboxylic acids is 1. The van der Waals surface area contributed by atoms with Crippen LogP contribution >= 0.6 is 11.8 Å². The molecule has 1 aliphatic rings. The number of nitrogens with one attached hydrogen (secondary N) is 1. The minimum atomic E-state index is -0.813. The van der Waals surface area contributed by atoms with Crippen molar-refractivity contribution in [1.29, 1.82) is 0 Å². The summed E-state index contributed by atoms with van der Waals surface area (Å²) < 4.78 is 0. The molecular weight excluding hydrogens is 286 g/mol. The molecule has 0 saturated heterocycles. The highest BCUT2D eigenvalue weighted by Gasteiger charge is 2.20. The fourth-order valence-electron chi connectivity index (χ4n) is 2.70. The van der Waals surface area contributed by atoms with Gasteiger partial charge in [-0.2, -0.15) is 0 Å². The van der Waals surface area contributed by atoms with Crippen molar-refractivity contribution < 1.29 is 14.7 Å². The lowest BCUT2D eigenvalue weighted by atomic mass is 9.82. The van der Waals surface area contributed by atoms with Crippen LogP contribution in [0.2, 0.25) is 0 Å². The largest absolute Gasteiger partial charge is 0.481 e. The van der Waals surface area contributed by atoms with Crippen molar-refractivity contribution in [2.24, 2.45) is 5.92 Å². The fourth-order valence-corrected chi connectivity index (χ4v) is 3.27. The summed E-state index contributed by atoms with van der Waals surface area (Å²) in [5.74, 6) is 0.426. The highest BCUT2D eigenvalue weighted by molar-refractivity contribution is 7.99. The van der Waals surface area contributed by atoms with Gasteiger partial charge in [0.1, 0.15) is 0 Å². The Morgan fingerprint density at radius 1 is 1.29 bits per heavy atom. The molecule has 21 heavy (non-hydrogen) atoms. The zero-order valence-corrected chi connectivity index (χ0v) is 12.8. The zero-order valence-electron chi connectivity index (χ0n) is 12.0. The molecule has 2 N–H and O–H groups in total. The van der Waals surface area contributed by atoms with Crippen molar-refractivity contribution in [3.05, 3.63) is 35.4 Å². The quantitative estimate of drug-likeness (QED) is 0.757. The molecule has 1 atom stereocenters. The van der Waals surface area contributed by atoms with Gasteiger partial charge in [0, 0.05) is 18.7 Å². The van der Waals surface area contributed by atoms with Gasteiger partial charge in [0.2, 0.25) is 5.91 Å². The number of thioether (sulfide) groups is 1. The summed E-state index contributed by atoms with van der Waals surface area (Å²) in [6.45, 7) is 0.542.